The molecule has 0 bridgehead atoms. The summed E-state index contributed by atoms with van der Waals surface area (Å²) in [6.07, 6.45) is 12.9. The van der Waals surface area contributed by atoms with Crippen LogP contribution in [-0.4, -0.2) is 188 Å². The highest BCUT2D eigenvalue weighted by Crippen LogP contribution is 2.54. The van der Waals surface area contributed by atoms with Crippen molar-refractivity contribution in [1.29, 1.82) is 0 Å². The molecule has 7 fully saturated rings. The number of nitrogens with zero attached hydrogens (tertiary/aromatic N) is 9. The van der Waals surface area contributed by atoms with Crippen LogP contribution in [-0.2, 0) is 31.6 Å². The van der Waals surface area contributed by atoms with Gasteiger partial charge in [-0.25, -0.2) is 18.1 Å². The van der Waals surface area contributed by atoms with Gasteiger partial charge in [-0.3, -0.25) is 29.6 Å². The average molecular weight is 1310 g/mol. The average Bonchev–Trinajstić information content (AvgIpc) is 0.946. The second kappa shape index (κ2) is 26.1. The molecule has 6 aromatic rings. The van der Waals surface area contributed by atoms with E-state index in [1.165, 1.54) is 17.7 Å². The lowest BCUT2D eigenvalue weighted by atomic mass is 9.59. The van der Waals surface area contributed by atoms with Crippen LogP contribution in [0.2, 0.25) is 0 Å². The number of fused-ring (bicyclic) bond motifs is 3. The van der Waals surface area contributed by atoms with Crippen LogP contribution in [0, 0.1) is 21.4 Å². The number of amides is 1. The molecule has 24 heteroatoms. The first-order valence-corrected chi connectivity index (χ1v) is 35.4. The summed E-state index contributed by atoms with van der Waals surface area (Å²) in [4.78, 5) is 54.1. The lowest BCUT2D eigenvalue weighted by Gasteiger charge is -2.59. The Hall–Kier alpha value is -7.16. The van der Waals surface area contributed by atoms with Crippen LogP contribution in [0.15, 0.2) is 96.2 Å². The number of carbonyl (C=O) groups is 1. The van der Waals surface area contributed by atoms with Crippen LogP contribution in [0.3, 0.4) is 0 Å². The maximum absolute atomic E-state index is 14.9. The Morgan fingerprint density at radius 1 is 0.862 bits per heavy atom. The van der Waals surface area contributed by atoms with Gasteiger partial charge in [0.1, 0.15) is 23.1 Å². The number of methoxy groups -OCH3 is 1. The van der Waals surface area contributed by atoms with Gasteiger partial charge in [-0.2, -0.15) is 4.98 Å². The van der Waals surface area contributed by atoms with Gasteiger partial charge in [0.25, 0.3) is 21.6 Å². The van der Waals surface area contributed by atoms with Crippen LogP contribution in [0.25, 0.3) is 11.0 Å². The van der Waals surface area contributed by atoms with Gasteiger partial charge in [-0.15, -0.1) is 0 Å². The number of aromatic amines is 1. The number of anilines is 5. The standard InChI is InChI=1S/C70H90N12O11S/c1-68(2,84)55-8-6-5-7-53(55)61-44-79(49-16-24-76(25-17-49)43-47-35-62(90-4)65(73-42-47)78-30-33-91-34-31-78)28-29-80(61)51-39-70(40-51)21-26-77(27-22-70)50-9-11-54(58(37-50)81-57-18-32-92-45-63(57)93-67-60(81)36-48-15-23-71-64(48)74-67)66(83)75-94(88,89)52-10-12-56(59(38-52)82(86)87)72-41-46-13-19-69(3,85)20-14-46/h5-12,15,23,35-38,42,46,49,51,57,61,63,72,84-85H,13-14,16-22,24-34,39-41,43-45H2,1-4H3,(H,71,74)(H,75,83)/t46-,57-,61-,63-,69-/m0/s1. The SMILES string of the molecule is COc1cc(CN2CCC(N3CCN(C4CC5(CCN(c6ccc(C(=O)NS(=O)(=O)c7ccc(NC[C@H]8CC[C@](C)(O)CC8)c([N+](=O)[O-])c7)c(N7c8cc9cc[nH]c9nc8O[C@H]8COCC[C@@H]87)c6)CC5)C4)[C@H](c4ccccc4C(C)(C)O)C3)CC2)cnc1N1CCOCC1. The van der Waals surface area contributed by atoms with Gasteiger partial charge in [-0.05, 0) is 181 Å². The van der Waals surface area contributed by atoms with Crippen molar-refractivity contribution in [2.45, 2.75) is 144 Å². The Bertz CT molecular complexity index is 3860. The van der Waals surface area contributed by atoms with E-state index in [9.17, 15) is 33.5 Å². The lowest BCUT2D eigenvalue weighted by Crippen LogP contribution is -2.61. The molecule has 3 aromatic heterocycles. The molecule has 0 unspecified atom stereocenters. The molecule has 2 aliphatic carbocycles. The number of pyridine rings is 2. The third-order valence-corrected chi connectivity index (χ3v) is 23.2. The van der Waals surface area contributed by atoms with E-state index in [1.54, 1.807) is 13.2 Å². The number of H-pyrrole nitrogens is 1. The number of hydrogen-bond donors (Lipinski definition) is 5. The number of benzene rings is 3. The summed E-state index contributed by atoms with van der Waals surface area (Å²) in [7, 11) is -2.94. The molecule has 8 aliphatic rings. The number of carbonyl (C=O) groups excluding carboxylic acids is 1. The highest BCUT2D eigenvalue weighted by atomic mass is 32.2. The summed E-state index contributed by atoms with van der Waals surface area (Å²) >= 11 is 0. The quantitative estimate of drug-likeness (QED) is 0.0422. The van der Waals surface area contributed by atoms with Gasteiger partial charge in [0, 0.05) is 113 Å². The van der Waals surface area contributed by atoms with Crippen molar-refractivity contribution in [3.63, 3.8) is 0 Å². The molecule has 1 spiro atoms. The van der Waals surface area contributed by atoms with Gasteiger partial charge in [0.2, 0.25) is 5.88 Å². The summed E-state index contributed by atoms with van der Waals surface area (Å²) in [5.41, 5.74) is 4.23. The number of nitro groups is 1. The van der Waals surface area contributed by atoms with Gasteiger partial charge in [-0.1, -0.05) is 24.3 Å². The van der Waals surface area contributed by atoms with E-state index in [0.29, 0.717) is 80.6 Å². The van der Waals surface area contributed by atoms with Crippen molar-refractivity contribution in [3.05, 3.63) is 124 Å². The third kappa shape index (κ3) is 13.2. The summed E-state index contributed by atoms with van der Waals surface area (Å²) < 4.78 is 55.0. The van der Waals surface area contributed by atoms with E-state index >= 15 is 0 Å². The fourth-order valence-electron chi connectivity index (χ4n) is 16.5. The molecule has 2 saturated carbocycles. The molecule has 3 atom stereocenters. The topological polar surface area (TPSA) is 257 Å². The fourth-order valence-corrected chi connectivity index (χ4v) is 17.5. The molecule has 14 rings (SSSR count). The van der Waals surface area contributed by atoms with Gasteiger partial charge in [0.05, 0.1) is 65.2 Å². The largest absolute Gasteiger partial charge is 0.493 e. The highest BCUT2D eigenvalue weighted by Gasteiger charge is 2.51. The normalized spacial score (nSPS) is 25.1. The molecular formula is C70H90N12O11S. The number of aliphatic hydroxyl groups is 2. The number of rotatable bonds is 17. The first-order valence-electron chi connectivity index (χ1n) is 33.9. The number of hydrogen-bond acceptors (Lipinski definition) is 20. The zero-order chi connectivity index (χ0) is 65.1. The van der Waals surface area contributed by atoms with Crippen LogP contribution < -0.4 is 34.2 Å². The second-order valence-electron chi connectivity index (χ2n) is 28.5. The van der Waals surface area contributed by atoms with Crippen molar-refractivity contribution >= 4 is 61.2 Å². The van der Waals surface area contributed by atoms with Crippen LogP contribution >= 0.6 is 0 Å². The summed E-state index contributed by atoms with van der Waals surface area (Å²) in [5.74, 6) is 1.34. The maximum Gasteiger partial charge on any atom is 0.293 e. The van der Waals surface area contributed by atoms with Crippen molar-refractivity contribution in [2.75, 3.05) is 119 Å². The van der Waals surface area contributed by atoms with Gasteiger partial charge >= 0.3 is 0 Å². The fraction of sp³-hybridized carbons (Fsp3) is 0.557. The number of aromatic nitrogens is 3. The molecule has 9 heterocycles. The molecule has 94 heavy (non-hydrogen) atoms. The zero-order valence-electron chi connectivity index (χ0n) is 54.5. The first kappa shape index (κ1) is 64.2. The molecular weight excluding hydrogens is 1220 g/mol. The predicted molar refractivity (Wildman–Crippen MR) is 359 cm³/mol. The van der Waals surface area contributed by atoms with Crippen molar-refractivity contribution in [2.24, 2.45) is 11.3 Å². The van der Waals surface area contributed by atoms with Gasteiger partial charge in [0.15, 0.2) is 11.6 Å². The van der Waals surface area contributed by atoms with Crippen LogP contribution in [0.5, 0.6) is 11.6 Å². The second-order valence-corrected chi connectivity index (χ2v) is 30.2. The maximum atomic E-state index is 14.9. The molecule has 5 N–H and O–H groups in total. The van der Waals surface area contributed by atoms with E-state index in [1.807, 2.05) is 63.5 Å². The smallest absolute Gasteiger partial charge is 0.293 e. The Morgan fingerprint density at radius 3 is 2.39 bits per heavy atom. The number of nitrogens with one attached hydrogen (secondary N) is 3. The van der Waals surface area contributed by atoms with Crippen LogP contribution in [0.4, 0.5) is 34.3 Å². The number of nitro benzene ring substituents is 1. The van der Waals surface area contributed by atoms with Crippen molar-refractivity contribution < 1.29 is 47.3 Å². The summed E-state index contributed by atoms with van der Waals surface area (Å²) in [6.45, 7) is 17.0. The minimum atomic E-state index is -4.66. The van der Waals surface area contributed by atoms with Crippen LogP contribution in [0.1, 0.15) is 124 Å². The molecule has 5 saturated heterocycles. The molecule has 1 amide bonds. The molecule has 3 aromatic carbocycles. The van der Waals surface area contributed by atoms with E-state index in [4.69, 9.17) is 28.9 Å². The predicted octanol–water partition coefficient (Wildman–Crippen LogP) is 8.87. The third-order valence-electron chi connectivity index (χ3n) is 21.9. The first-order chi connectivity index (χ1) is 45.3. The van der Waals surface area contributed by atoms with E-state index in [0.717, 1.165) is 157 Å². The van der Waals surface area contributed by atoms with E-state index in [2.05, 4.69) is 68.7 Å². The Balaban J connectivity index is 0.680. The Labute approximate surface area is 550 Å². The van der Waals surface area contributed by atoms with Crippen molar-refractivity contribution in [3.8, 4) is 11.6 Å². The zero-order valence-corrected chi connectivity index (χ0v) is 55.3. The number of piperazine rings is 1. The Kier molecular flexibility index (Phi) is 17.8. The lowest BCUT2D eigenvalue weighted by molar-refractivity contribution is -0.384. The minimum Gasteiger partial charge on any atom is -0.493 e. The Morgan fingerprint density at radius 2 is 1.64 bits per heavy atom. The van der Waals surface area contributed by atoms with Crippen molar-refractivity contribution in [1.82, 2.24) is 34.4 Å². The number of piperidine rings is 2. The molecule has 0 radical (unpaired) electrons. The number of morpholine rings is 1. The summed E-state index contributed by atoms with van der Waals surface area (Å²) in [5, 5.41) is 38.6. The molecule has 6 aliphatic heterocycles. The van der Waals surface area contributed by atoms with Gasteiger partial charge < -0.3 is 54.2 Å². The number of ether oxygens (including phenoxy) is 4. The highest BCUT2D eigenvalue weighted by molar-refractivity contribution is 7.90. The minimum absolute atomic E-state index is 0.0982. The monoisotopic (exact) mass is 1310 g/mol. The van der Waals surface area contributed by atoms with E-state index < -0.39 is 48.7 Å². The van der Waals surface area contributed by atoms with E-state index in [-0.39, 0.29) is 41.3 Å². The molecule has 502 valence electrons. The summed E-state index contributed by atoms with van der Waals surface area (Å²) in [6, 6.07) is 24.5. The number of sulfonamides is 1. The number of likely N-dealkylation sites (tertiary alicyclic amines) is 1. The molecule has 23 nitrogen and oxygen atoms in total.